The van der Waals surface area contributed by atoms with Gasteiger partial charge in [0, 0.05) is 10.8 Å². The van der Waals surface area contributed by atoms with E-state index in [0.29, 0.717) is 0 Å². The van der Waals surface area contributed by atoms with Gasteiger partial charge in [-0.3, -0.25) is 0 Å². The number of hydrogen-bond acceptors (Lipinski definition) is 1. The predicted octanol–water partition coefficient (Wildman–Crippen LogP) is -0.219. The van der Waals surface area contributed by atoms with Crippen LogP contribution in [0.4, 0.5) is 0 Å². The minimum atomic E-state index is 0.923. The number of furan rings is 1. The number of fused-ring (bicyclic) bond motifs is 6. The average molecular weight is 717 g/mol. The molecule has 0 aliphatic heterocycles. The zero-order valence-electron chi connectivity index (χ0n) is 34.1. The van der Waals surface area contributed by atoms with E-state index in [1.165, 1.54) is 126 Å². The zero-order valence-corrected chi connectivity index (χ0v) is 34.1. The Kier molecular flexibility index (Phi) is 8.31. The molecule has 10 rings (SSSR count). The van der Waals surface area contributed by atoms with Crippen LogP contribution in [-0.2, 0) is 0 Å². The first-order valence-electron chi connectivity index (χ1n) is 20.2. The van der Waals surface area contributed by atoms with Gasteiger partial charge in [-0.1, -0.05) is 137 Å². The van der Waals surface area contributed by atoms with Crippen molar-refractivity contribution >= 4 is 161 Å². The minimum Gasteiger partial charge on any atom is -0.456 e. The summed E-state index contributed by atoms with van der Waals surface area (Å²) in [5.41, 5.74) is 22.7. The zero-order chi connectivity index (χ0) is 39.3. The van der Waals surface area contributed by atoms with Crippen molar-refractivity contribution in [1.29, 1.82) is 0 Å². The van der Waals surface area contributed by atoms with E-state index in [2.05, 4.69) is 196 Å². The third-order valence-electron chi connectivity index (χ3n) is 13.5. The van der Waals surface area contributed by atoms with Gasteiger partial charge in [0.15, 0.2) is 0 Å². The van der Waals surface area contributed by atoms with Gasteiger partial charge in [0.25, 0.3) is 0 Å². The summed E-state index contributed by atoms with van der Waals surface area (Å²) in [5, 5.41) is 10.1. The van der Waals surface area contributed by atoms with E-state index in [1.807, 2.05) is 0 Å². The van der Waals surface area contributed by atoms with Crippen LogP contribution in [0.5, 0.6) is 0 Å². The molecule has 1 nitrogen and oxygen atoms in total. The highest BCUT2D eigenvalue weighted by Crippen LogP contribution is 2.45. The van der Waals surface area contributed by atoms with Crippen molar-refractivity contribution in [2.45, 2.75) is 0 Å². The van der Waals surface area contributed by atoms with Crippen LogP contribution in [0.1, 0.15) is 0 Å². The third-order valence-corrected chi connectivity index (χ3v) is 13.5. The molecule has 1 heterocycles. The lowest BCUT2D eigenvalue weighted by atomic mass is 9.59. The Bertz CT molecular complexity index is 3220. The fourth-order valence-corrected chi connectivity index (χ4v) is 9.72. The molecule has 0 saturated heterocycles. The van der Waals surface area contributed by atoms with Crippen molar-refractivity contribution in [2.75, 3.05) is 0 Å². The van der Waals surface area contributed by atoms with Crippen LogP contribution in [-0.4, -0.2) is 62.8 Å². The van der Waals surface area contributed by atoms with E-state index in [9.17, 15) is 0 Å². The molecule has 0 N–H and O–H groups in total. The van der Waals surface area contributed by atoms with Crippen LogP contribution in [0.15, 0.2) is 138 Å². The van der Waals surface area contributed by atoms with E-state index in [-0.39, 0.29) is 0 Å². The third kappa shape index (κ3) is 5.35. The summed E-state index contributed by atoms with van der Waals surface area (Å²) in [7, 11) is 18.6. The van der Waals surface area contributed by atoms with Gasteiger partial charge < -0.3 is 4.42 Å². The van der Waals surface area contributed by atoms with Gasteiger partial charge in [0.05, 0.1) is 0 Å². The molecule has 260 valence electrons. The molecular weight excluding hydrogens is 679 g/mol. The van der Waals surface area contributed by atoms with Crippen LogP contribution in [0.25, 0.3) is 98.8 Å². The van der Waals surface area contributed by atoms with Gasteiger partial charge in [0.2, 0.25) is 0 Å². The van der Waals surface area contributed by atoms with Crippen molar-refractivity contribution in [1.82, 2.24) is 0 Å². The molecule has 0 bridgehead atoms. The van der Waals surface area contributed by atoms with E-state index in [4.69, 9.17) is 4.42 Å². The summed E-state index contributed by atoms with van der Waals surface area (Å²) in [6.07, 6.45) is 0. The quantitative estimate of drug-likeness (QED) is 0.182. The Morgan fingerprint density at radius 1 is 0.298 bits per heavy atom. The summed E-state index contributed by atoms with van der Waals surface area (Å²) in [6.45, 7) is 0. The summed E-state index contributed by atoms with van der Waals surface area (Å²) in [4.78, 5) is 0. The topological polar surface area (TPSA) is 13.1 Å². The molecule has 9 aromatic carbocycles. The monoisotopic (exact) mass is 718 g/mol. The standard InChI is InChI=1S/C48H38B8O/c49-41-37-34(27-19-17-26(18-20-27)25-15-13-24(14-16-25)23-7-2-1-3-8-23)38-40(44(52)48(56)46(54)42(38)50)36(39(37)43(51)47(55)45(41)53)30-11-6-12-32-35(30)31-21-28-9-4-5-10-29(28)22-33(31)57-32/h1-22H,49-56H2. The maximum Gasteiger partial charge on any atom is 0.139 e. The Morgan fingerprint density at radius 2 is 0.719 bits per heavy atom. The van der Waals surface area contributed by atoms with Crippen LogP contribution in [0, 0.1) is 0 Å². The Hall–Kier alpha value is -5.92. The second-order valence-corrected chi connectivity index (χ2v) is 16.2. The van der Waals surface area contributed by atoms with Gasteiger partial charge in [0.1, 0.15) is 73.9 Å². The van der Waals surface area contributed by atoms with Crippen LogP contribution in [0.2, 0.25) is 0 Å². The van der Waals surface area contributed by atoms with Crippen molar-refractivity contribution in [2.24, 2.45) is 0 Å². The molecular formula is C48H38B8O. The Balaban J connectivity index is 1.30. The van der Waals surface area contributed by atoms with Gasteiger partial charge in [-0.25, -0.2) is 0 Å². The van der Waals surface area contributed by atoms with Crippen LogP contribution in [0.3, 0.4) is 0 Å². The summed E-state index contributed by atoms with van der Waals surface area (Å²) < 4.78 is 6.71. The van der Waals surface area contributed by atoms with Crippen LogP contribution >= 0.6 is 0 Å². The maximum atomic E-state index is 6.71. The van der Waals surface area contributed by atoms with Gasteiger partial charge in [-0.15, -0.1) is 21.9 Å². The summed E-state index contributed by atoms with van der Waals surface area (Å²) in [5.74, 6) is 0. The molecule has 0 aliphatic carbocycles. The number of rotatable bonds is 4. The number of benzene rings is 9. The second kappa shape index (κ2) is 13.3. The van der Waals surface area contributed by atoms with E-state index in [0.717, 1.165) is 16.6 Å². The highest BCUT2D eigenvalue weighted by molar-refractivity contribution is 6.71. The molecule has 57 heavy (non-hydrogen) atoms. The molecule has 0 saturated carbocycles. The van der Waals surface area contributed by atoms with Gasteiger partial charge in [-0.05, 0) is 95.0 Å². The first-order chi connectivity index (χ1) is 27.6. The van der Waals surface area contributed by atoms with Crippen molar-refractivity contribution in [3.63, 3.8) is 0 Å². The van der Waals surface area contributed by atoms with E-state index in [1.54, 1.807) is 0 Å². The normalized spacial score (nSPS) is 11.7. The number of hydrogen-bond donors (Lipinski definition) is 0. The Labute approximate surface area is 341 Å². The molecule has 0 spiro atoms. The van der Waals surface area contributed by atoms with E-state index < -0.39 is 0 Å². The molecule has 1 aromatic heterocycles. The van der Waals surface area contributed by atoms with E-state index >= 15 is 0 Å². The molecule has 0 amide bonds. The molecule has 0 aliphatic rings. The highest BCUT2D eigenvalue weighted by atomic mass is 16.3. The lowest BCUT2D eigenvalue weighted by Crippen LogP contribution is -2.50. The lowest BCUT2D eigenvalue weighted by Gasteiger charge is -2.28. The fourth-order valence-electron chi connectivity index (χ4n) is 9.72. The Morgan fingerprint density at radius 3 is 1.23 bits per heavy atom. The first kappa shape index (κ1) is 35.5. The average Bonchev–Trinajstić information content (AvgIpc) is 3.62. The SMILES string of the molecule is Bc1c(B)c(B)c2c(-c3cccc4oc5cc6ccccc6cc5c34)c3c(B)c(B)c(B)c(B)c3c(-c3ccc(-c4ccc(-c5ccccc5)cc4)cc3)c2c1B. The maximum absolute atomic E-state index is 6.71. The summed E-state index contributed by atoms with van der Waals surface area (Å²) >= 11 is 0. The molecule has 0 radical (unpaired) electrons. The fraction of sp³-hybridized carbons (Fsp3) is 0. The molecule has 0 atom stereocenters. The van der Waals surface area contributed by atoms with Crippen molar-refractivity contribution in [3.8, 4) is 44.5 Å². The predicted molar refractivity (Wildman–Crippen MR) is 273 cm³/mol. The largest absolute Gasteiger partial charge is 0.456 e. The van der Waals surface area contributed by atoms with Crippen molar-refractivity contribution in [3.05, 3.63) is 133 Å². The molecule has 0 fully saturated rings. The van der Waals surface area contributed by atoms with Crippen molar-refractivity contribution < 1.29 is 4.42 Å². The first-order valence-corrected chi connectivity index (χ1v) is 20.2. The van der Waals surface area contributed by atoms with Gasteiger partial charge in [-0.2, -0.15) is 0 Å². The second-order valence-electron chi connectivity index (χ2n) is 16.2. The van der Waals surface area contributed by atoms with Crippen LogP contribution < -0.4 is 43.7 Å². The molecule has 10 aromatic rings. The molecule has 9 heteroatoms. The summed E-state index contributed by atoms with van der Waals surface area (Å²) in [6, 6.07) is 48.7. The smallest absolute Gasteiger partial charge is 0.139 e. The minimum absolute atomic E-state index is 0.923. The lowest BCUT2D eigenvalue weighted by molar-refractivity contribution is 0.669. The highest BCUT2D eigenvalue weighted by Gasteiger charge is 2.26. The molecule has 0 unspecified atom stereocenters. The van der Waals surface area contributed by atoms with Gasteiger partial charge >= 0.3 is 0 Å².